The fourth-order valence-corrected chi connectivity index (χ4v) is 4.01. The van der Waals surface area contributed by atoms with Crippen molar-refractivity contribution >= 4 is 29.1 Å². The minimum Gasteiger partial charge on any atom is -0.327 e. The molecule has 1 atom stereocenters. The number of anilines is 2. The number of fused-ring (bicyclic) bond motifs is 2. The quantitative estimate of drug-likeness (QED) is 0.811. The molecule has 1 saturated heterocycles. The number of hydrogen-bond donors (Lipinski definition) is 2. The normalized spacial score (nSPS) is 18.0. The Labute approximate surface area is 167 Å². The van der Waals surface area contributed by atoms with Gasteiger partial charge in [-0.1, -0.05) is 0 Å². The second kappa shape index (κ2) is 6.88. The number of nitrogens with zero attached hydrogens (tertiary/aromatic N) is 2. The van der Waals surface area contributed by atoms with Crippen molar-refractivity contribution in [2.24, 2.45) is 7.05 Å². The highest BCUT2D eigenvalue weighted by atomic mass is 16.2. The van der Waals surface area contributed by atoms with Crippen LogP contribution >= 0.6 is 0 Å². The molecule has 2 aliphatic rings. The number of nitrogens with one attached hydrogen (secondary N) is 2. The summed E-state index contributed by atoms with van der Waals surface area (Å²) < 4.78 is 1.42. The molecule has 0 bridgehead atoms. The van der Waals surface area contributed by atoms with Gasteiger partial charge in [-0.25, -0.2) is 0 Å². The summed E-state index contributed by atoms with van der Waals surface area (Å²) in [5.74, 6) is -0.961. The van der Waals surface area contributed by atoms with Crippen molar-refractivity contribution in [3.05, 3.63) is 57.0 Å². The first-order valence-electron chi connectivity index (χ1n) is 9.52. The standard InChI is InChI=1S/C21H22N4O4/c1-11-9-12(2)24(3)21(29)17(11)19(27)22-13-6-7-15-14(10-13)20(28)25-8-4-5-16(25)18(26)23-15/h6-7,9-10,16H,4-5,8H2,1-3H3,(H,22,27)(H,23,26)/t16-/m1/s1. The minimum absolute atomic E-state index is 0.0623. The molecular formula is C21H22N4O4. The van der Waals surface area contributed by atoms with Crippen molar-refractivity contribution in [2.45, 2.75) is 32.7 Å². The summed E-state index contributed by atoms with van der Waals surface area (Å²) in [6.07, 6.45) is 1.43. The number of rotatable bonds is 2. The number of benzene rings is 1. The summed E-state index contributed by atoms with van der Waals surface area (Å²) in [5, 5.41) is 5.51. The van der Waals surface area contributed by atoms with Gasteiger partial charge in [0.2, 0.25) is 5.91 Å². The molecule has 2 aromatic rings. The predicted octanol–water partition coefficient (Wildman–Crippen LogP) is 1.81. The summed E-state index contributed by atoms with van der Waals surface area (Å²) in [6.45, 7) is 4.05. The Bertz CT molecular complexity index is 1120. The van der Waals surface area contributed by atoms with E-state index in [1.165, 1.54) is 4.57 Å². The highest BCUT2D eigenvalue weighted by molar-refractivity contribution is 6.11. The largest absolute Gasteiger partial charge is 0.327 e. The van der Waals surface area contributed by atoms with Crippen LogP contribution in [0.5, 0.6) is 0 Å². The molecule has 0 unspecified atom stereocenters. The van der Waals surface area contributed by atoms with Gasteiger partial charge in [0.1, 0.15) is 11.6 Å². The van der Waals surface area contributed by atoms with E-state index in [4.69, 9.17) is 0 Å². The van der Waals surface area contributed by atoms with Crippen LogP contribution in [0.2, 0.25) is 0 Å². The van der Waals surface area contributed by atoms with Gasteiger partial charge in [0, 0.05) is 25.0 Å². The Kier molecular flexibility index (Phi) is 4.49. The zero-order chi connectivity index (χ0) is 20.9. The summed E-state index contributed by atoms with van der Waals surface area (Å²) in [6, 6.07) is 6.08. The van der Waals surface area contributed by atoms with E-state index in [0.29, 0.717) is 35.5 Å². The van der Waals surface area contributed by atoms with Crippen LogP contribution in [-0.2, 0) is 11.8 Å². The zero-order valence-electron chi connectivity index (χ0n) is 16.5. The van der Waals surface area contributed by atoms with E-state index in [9.17, 15) is 19.2 Å². The van der Waals surface area contributed by atoms with Crippen molar-refractivity contribution in [3.63, 3.8) is 0 Å². The molecule has 3 heterocycles. The zero-order valence-corrected chi connectivity index (χ0v) is 16.5. The monoisotopic (exact) mass is 394 g/mol. The number of carbonyl (C=O) groups excluding carboxylic acids is 3. The molecule has 1 aromatic carbocycles. The maximum absolute atomic E-state index is 12.9. The molecule has 150 valence electrons. The van der Waals surface area contributed by atoms with Crippen LogP contribution in [0.4, 0.5) is 11.4 Å². The molecule has 4 rings (SSSR count). The highest BCUT2D eigenvalue weighted by Gasteiger charge is 2.38. The Hall–Kier alpha value is -3.42. The lowest BCUT2D eigenvalue weighted by molar-refractivity contribution is -0.119. The van der Waals surface area contributed by atoms with Gasteiger partial charge in [-0.05, 0) is 56.5 Å². The molecule has 2 aliphatic heterocycles. The van der Waals surface area contributed by atoms with Gasteiger partial charge in [0.25, 0.3) is 17.4 Å². The van der Waals surface area contributed by atoms with Crippen molar-refractivity contribution in [1.29, 1.82) is 0 Å². The number of amides is 3. The lowest BCUT2D eigenvalue weighted by atomic mass is 10.1. The lowest BCUT2D eigenvalue weighted by Crippen LogP contribution is -2.40. The van der Waals surface area contributed by atoms with Gasteiger partial charge in [-0.15, -0.1) is 0 Å². The molecule has 29 heavy (non-hydrogen) atoms. The number of hydrogen-bond acceptors (Lipinski definition) is 4. The SMILES string of the molecule is Cc1cc(C)n(C)c(=O)c1C(=O)Nc1ccc2c(c1)C(=O)N1CCC[C@@H]1C(=O)N2. The van der Waals surface area contributed by atoms with E-state index in [-0.39, 0.29) is 22.9 Å². The van der Waals surface area contributed by atoms with E-state index in [2.05, 4.69) is 10.6 Å². The van der Waals surface area contributed by atoms with Crippen LogP contribution in [0.1, 0.15) is 44.8 Å². The first kappa shape index (κ1) is 18.9. The lowest BCUT2D eigenvalue weighted by Gasteiger charge is -2.20. The molecule has 0 radical (unpaired) electrons. The molecule has 0 saturated carbocycles. The third-order valence-corrected chi connectivity index (χ3v) is 5.68. The predicted molar refractivity (Wildman–Crippen MR) is 108 cm³/mol. The van der Waals surface area contributed by atoms with E-state index >= 15 is 0 Å². The summed E-state index contributed by atoms with van der Waals surface area (Å²) >= 11 is 0. The number of aryl methyl sites for hydroxylation is 2. The Morgan fingerprint density at radius 3 is 2.69 bits per heavy atom. The maximum atomic E-state index is 12.9. The minimum atomic E-state index is -0.535. The summed E-state index contributed by atoms with van der Waals surface area (Å²) in [4.78, 5) is 52.2. The van der Waals surface area contributed by atoms with E-state index in [1.807, 2.05) is 0 Å². The van der Waals surface area contributed by atoms with Crippen molar-refractivity contribution in [2.75, 3.05) is 17.2 Å². The third-order valence-electron chi connectivity index (χ3n) is 5.68. The topological polar surface area (TPSA) is 101 Å². The molecule has 2 N–H and O–H groups in total. The smallest absolute Gasteiger partial charge is 0.263 e. The Balaban J connectivity index is 1.67. The molecule has 1 aromatic heterocycles. The second-order valence-corrected chi connectivity index (χ2v) is 7.57. The van der Waals surface area contributed by atoms with Crippen LogP contribution in [-0.4, -0.2) is 39.8 Å². The summed E-state index contributed by atoms with van der Waals surface area (Å²) in [5.41, 5.74) is 2.17. The highest BCUT2D eigenvalue weighted by Crippen LogP contribution is 2.30. The second-order valence-electron chi connectivity index (χ2n) is 7.57. The molecular weight excluding hydrogens is 372 g/mol. The first-order valence-corrected chi connectivity index (χ1v) is 9.52. The van der Waals surface area contributed by atoms with Crippen molar-refractivity contribution in [1.82, 2.24) is 9.47 Å². The van der Waals surface area contributed by atoms with E-state index in [0.717, 1.165) is 12.1 Å². The van der Waals surface area contributed by atoms with Crippen molar-refractivity contribution < 1.29 is 14.4 Å². The molecule has 0 spiro atoms. The molecule has 3 amide bonds. The van der Waals surface area contributed by atoms with Gasteiger partial charge in [-0.3, -0.25) is 19.2 Å². The maximum Gasteiger partial charge on any atom is 0.263 e. The van der Waals surface area contributed by atoms with E-state index < -0.39 is 11.9 Å². The van der Waals surface area contributed by atoms with Gasteiger partial charge >= 0.3 is 0 Å². The number of aromatic nitrogens is 1. The van der Waals surface area contributed by atoms with Crippen LogP contribution in [0.15, 0.2) is 29.1 Å². The third kappa shape index (κ3) is 3.10. The van der Waals surface area contributed by atoms with E-state index in [1.54, 1.807) is 50.1 Å². The van der Waals surface area contributed by atoms with Gasteiger partial charge in [-0.2, -0.15) is 0 Å². The van der Waals surface area contributed by atoms with Crippen LogP contribution in [0.3, 0.4) is 0 Å². The van der Waals surface area contributed by atoms with Crippen LogP contribution in [0.25, 0.3) is 0 Å². The average Bonchev–Trinajstić information content (AvgIpc) is 3.13. The first-order chi connectivity index (χ1) is 13.8. The number of pyridine rings is 1. The fraction of sp³-hybridized carbons (Fsp3) is 0.333. The Morgan fingerprint density at radius 1 is 1.17 bits per heavy atom. The van der Waals surface area contributed by atoms with Crippen LogP contribution in [0, 0.1) is 13.8 Å². The fourth-order valence-electron chi connectivity index (χ4n) is 4.01. The Morgan fingerprint density at radius 2 is 1.93 bits per heavy atom. The van der Waals surface area contributed by atoms with Gasteiger partial charge in [0.05, 0.1) is 11.3 Å². The number of carbonyl (C=O) groups is 3. The van der Waals surface area contributed by atoms with Crippen LogP contribution < -0.4 is 16.2 Å². The van der Waals surface area contributed by atoms with Crippen molar-refractivity contribution in [3.8, 4) is 0 Å². The molecule has 8 heteroatoms. The molecule has 0 aliphatic carbocycles. The molecule has 1 fully saturated rings. The van der Waals surface area contributed by atoms with Gasteiger partial charge < -0.3 is 20.1 Å². The average molecular weight is 394 g/mol. The molecule has 8 nitrogen and oxygen atoms in total. The summed E-state index contributed by atoms with van der Waals surface area (Å²) in [7, 11) is 1.62. The van der Waals surface area contributed by atoms with Gasteiger partial charge in [0.15, 0.2) is 0 Å².